The molecule has 7 heteroatoms. The molecule has 23 heavy (non-hydrogen) atoms. The third-order valence-electron chi connectivity index (χ3n) is 4.12. The Labute approximate surface area is 139 Å². The van der Waals surface area contributed by atoms with E-state index in [1.54, 1.807) is 19.2 Å². The van der Waals surface area contributed by atoms with Gasteiger partial charge >= 0.3 is 0 Å². The van der Waals surface area contributed by atoms with Crippen LogP contribution in [-0.4, -0.2) is 46.5 Å². The summed E-state index contributed by atoms with van der Waals surface area (Å²) >= 11 is 0. The zero-order valence-electron chi connectivity index (χ0n) is 14.0. The first-order valence-corrected chi connectivity index (χ1v) is 9.42. The Hall–Kier alpha value is -1.60. The predicted octanol–water partition coefficient (Wildman–Crippen LogP) is 1.40. The Kier molecular flexibility index (Phi) is 6.01. The molecule has 0 amide bonds. The van der Waals surface area contributed by atoms with Crippen molar-refractivity contribution < 1.29 is 8.42 Å². The van der Waals surface area contributed by atoms with E-state index in [1.807, 2.05) is 12.1 Å². The number of benzene rings is 1. The van der Waals surface area contributed by atoms with E-state index in [2.05, 4.69) is 26.9 Å². The van der Waals surface area contributed by atoms with Crippen molar-refractivity contribution in [2.75, 3.05) is 27.2 Å². The molecule has 1 heterocycles. The number of likely N-dealkylation sites (tertiary alicyclic amines) is 1. The van der Waals surface area contributed by atoms with E-state index in [-0.39, 0.29) is 4.90 Å². The highest BCUT2D eigenvalue weighted by Crippen LogP contribution is 2.15. The molecule has 0 saturated carbocycles. The zero-order valence-corrected chi connectivity index (χ0v) is 14.9. The summed E-state index contributed by atoms with van der Waals surface area (Å²) < 4.78 is 25.7. The minimum atomic E-state index is -3.38. The summed E-state index contributed by atoms with van der Waals surface area (Å²) in [4.78, 5) is 6.92. The van der Waals surface area contributed by atoms with Crippen LogP contribution in [0.3, 0.4) is 0 Å². The molecular formula is C16H26N4O2S. The van der Waals surface area contributed by atoms with Gasteiger partial charge in [0.2, 0.25) is 10.0 Å². The number of guanidine groups is 1. The Bertz CT molecular complexity index is 641. The Morgan fingerprint density at radius 3 is 2.61 bits per heavy atom. The molecule has 1 aromatic rings. The molecule has 0 radical (unpaired) electrons. The fourth-order valence-electron chi connectivity index (χ4n) is 2.80. The number of rotatable bonds is 4. The van der Waals surface area contributed by atoms with Crippen LogP contribution in [0.25, 0.3) is 0 Å². The Morgan fingerprint density at radius 2 is 2.04 bits per heavy atom. The van der Waals surface area contributed by atoms with Gasteiger partial charge in [0.15, 0.2) is 5.96 Å². The summed E-state index contributed by atoms with van der Waals surface area (Å²) in [7, 11) is -0.170. The van der Waals surface area contributed by atoms with Gasteiger partial charge in [-0.3, -0.25) is 4.99 Å². The second-order valence-corrected chi connectivity index (χ2v) is 7.83. The standard InChI is InChI=1S/C16H26N4O2S/c1-13-5-4-10-20(12-13)16(17-2)19-11-14-6-8-15(9-7-14)23(21,22)18-3/h6-9,13,18H,4-5,10-12H2,1-3H3,(H,17,19). The number of aliphatic imine (C=N–C) groups is 1. The first-order valence-electron chi connectivity index (χ1n) is 7.94. The van der Waals surface area contributed by atoms with Crippen LogP contribution in [0.4, 0.5) is 0 Å². The highest BCUT2D eigenvalue weighted by molar-refractivity contribution is 7.89. The number of piperidine rings is 1. The largest absolute Gasteiger partial charge is 0.352 e. The molecule has 2 N–H and O–H groups in total. The molecule has 1 aliphatic rings. The molecule has 1 saturated heterocycles. The summed E-state index contributed by atoms with van der Waals surface area (Å²) in [6.07, 6.45) is 2.47. The quantitative estimate of drug-likeness (QED) is 0.643. The van der Waals surface area contributed by atoms with E-state index in [0.29, 0.717) is 12.5 Å². The van der Waals surface area contributed by atoms with E-state index in [1.165, 1.54) is 19.9 Å². The molecule has 0 bridgehead atoms. The van der Waals surface area contributed by atoms with Crippen LogP contribution in [-0.2, 0) is 16.6 Å². The molecule has 0 spiro atoms. The highest BCUT2D eigenvalue weighted by Gasteiger charge is 2.19. The molecule has 0 aromatic heterocycles. The van der Waals surface area contributed by atoms with Crippen LogP contribution in [0.15, 0.2) is 34.2 Å². The summed E-state index contributed by atoms with van der Waals surface area (Å²) in [6, 6.07) is 6.88. The predicted molar refractivity (Wildman–Crippen MR) is 92.9 cm³/mol. The third-order valence-corrected chi connectivity index (χ3v) is 5.55. The van der Waals surface area contributed by atoms with Gasteiger partial charge < -0.3 is 10.2 Å². The number of hydrogen-bond acceptors (Lipinski definition) is 3. The van der Waals surface area contributed by atoms with Crippen molar-refractivity contribution in [3.8, 4) is 0 Å². The van der Waals surface area contributed by atoms with E-state index in [4.69, 9.17) is 0 Å². The maximum absolute atomic E-state index is 11.7. The first-order chi connectivity index (χ1) is 11.0. The molecule has 1 aromatic carbocycles. The molecule has 2 rings (SSSR count). The van der Waals surface area contributed by atoms with Gasteiger partial charge in [-0.1, -0.05) is 19.1 Å². The van der Waals surface area contributed by atoms with E-state index in [9.17, 15) is 8.42 Å². The van der Waals surface area contributed by atoms with Gasteiger partial charge in [-0.15, -0.1) is 0 Å². The molecule has 128 valence electrons. The maximum atomic E-state index is 11.7. The lowest BCUT2D eigenvalue weighted by Gasteiger charge is -2.33. The smallest absolute Gasteiger partial charge is 0.240 e. The van der Waals surface area contributed by atoms with Crippen molar-refractivity contribution in [1.82, 2.24) is 14.9 Å². The number of nitrogens with one attached hydrogen (secondary N) is 2. The molecule has 1 fully saturated rings. The van der Waals surface area contributed by atoms with Crippen LogP contribution < -0.4 is 10.0 Å². The molecule has 1 aliphatic heterocycles. The van der Waals surface area contributed by atoms with Crippen molar-refractivity contribution in [1.29, 1.82) is 0 Å². The average molecular weight is 338 g/mol. The lowest BCUT2D eigenvalue weighted by atomic mass is 10.0. The first kappa shape index (κ1) is 17.7. The minimum absolute atomic E-state index is 0.276. The molecule has 1 atom stereocenters. The molecule has 0 aliphatic carbocycles. The topological polar surface area (TPSA) is 73.8 Å². The number of nitrogens with zero attached hydrogens (tertiary/aromatic N) is 2. The fourth-order valence-corrected chi connectivity index (χ4v) is 3.53. The van der Waals surface area contributed by atoms with Crippen molar-refractivity contribution >= 4 is 16.0 Å². The second-order valence-electron chi connectivity index (χ2n) is 5.95. The van der Waals surface area contributed by atoms with Gasteiger partial charge in [-0.2, -0.15) is 0 Å². The highest BCUT2D eigenvalue weighted by atomic mass is 32.2. The van der Waals surface area contributed by atoms with Crippen molar-refractivity contribution in [3.05, 3.63) is 29.8 Å². The molecular weight excluding hydrogens is 312 g/mol. The Morgan fingerprint density at radius 1 is 1.35 bits per heavy atom. The van der Waals surface area contributed by atoms with Crippen LogP contribution in [0, 0.1) is 5.92 Å². The van der Waals surface area contributed by atoms with Crippen LogP contribution in [0.2, 0.25) is 0 Å². The van der Waals surface area contributed by atoms with Gasteiger partial charge in [0.25, 0.3) is 0 Å². The Balaban J connectivity index is 1.97. The zero-order chi connectivity index (χ0) is 16.9. The van der Waals surface area contributed by atoms with E-state index < -0.39 is 10.0 Å². The lowest BCUT2D eigenvalue weighted by molar-refractivity contribution is 0.266. The van der Waals surface area contributed by atoms with Gasteiger partial charge in [0, 0.05) is 26.7 Å². The number of sulfonamides is 1. The molecule has 6 nitrogen and oxygen atoms in total. The maximum Gasteiger partial charge on any atom is 0.240 e. The SMILES string of the molecule is CN=C(NCc1ccc(S(=O)(=O)NC)cc1)N1CCCC(C)C1. The van der Waals surface area contributed by atoms with E-state index >= 15 is 0 Å². The van der Waals surface area contributed by atoms with Gasteiger partial charge in [-0.25, -0.2) is 13.1 Å². The fraction of sp³-hybridized carbons (Fsp3) is 0.562. The van der Waals surface area contributed by atoms with Crippen LogP contribution in [0.5, 0.6) is 0 Å². The summed E-state index contributed by atoms with van der Waals surface area (Å²) in [5.41, 5.74) is 1.02. The average Bonchev–Trinajstić information content (AvgIpc) is 2.56. The van der Waals surface area contributed by atoms with Gasteiger partial charge in [-0.05, 0) is 43.5 Å². The monoisotopic (exact) mass is 338 g/mol. The second kappa shape index (κ2) is 7.79. The summed E-state index contributed by atoms with van der Waals surface area (Å²) in [5.74, 6) is 1.59. The normalized spacial score (nSPS) is 19.7. The van der Waals surface area contributed by atoms with Crippen LogP contribution in [0.1, 0.15) is 25.3 Å². The van der Waals surface area contributed by atoms with Crippen LogP contribution >= 0.6 is 0 Å². The van der Waals surface area contributed by atoms with Gasteiger partial charge in [0.1, 0.15) is 0 Å². The molecule has 1 unspecified atom stereocenters. The lowest BCUT2D eigenvalue weighted by Crippen LogP contribution is -2.45. The van der Waals surface area contributed by atoms with Gasteiger partial charge in [0.05, 0.1) is 4.90 Å². The third kappa shape index (κ3) is 4.68. The van der Waals surface area contributed by atoms with Crippen molar-refractivity contribution in [2.24, 2.45) is 10.9 Å². The summed E-state index contributed by atoms with van der Waals surface area (Å²) in [6.45, 7) is 4.94. The summed E-state index contributed by atoms with van der Waals surface area (Å²) in [5, 5.41) is 3.36. The van der Waals surface area contributed by atoms with E-state index in [0.717, 1.165) is 24.6 Å². The van der Waals surface area contributed by atoms with Crippen molar-refractivity contribution in [2.45, 2.75) is 31.2 Å². The number of hydrogen-bond donors (Lipinski definition) is 2. The minimum Gasteiger partial charge on any atom is -0.352 e. The van der Waals surface area contributed by atoms with Crippen molar-refractivity contribution in [3.63, 3.8) is 0 Å².